The molecule has 0 unspecified atom stereocenters. The van der Waals surface area contributed by atoms with Gasteiger partial charge in [-0.3, -0.25) is 0 Å². The van der Waals surface area contributed by atoms with Crippen molar-refractivity contribution in [3.05, 3.63) is 23.2 Å². The van der Waals surface area contributed by atoms with Crippen LogP contribution >= 0.6 is 11.6 Å². The van der Waals surface area contributed by atoms with Crippen LogP contribution in [0.25, 0.3) is 0 Å². The number of benzene rings is 1. The van der Waals surface area contributed by atoms with E-state index in [2.05, 4.69) is 15.5 Å². The molecule has 1 fully saturated rings. The summed E-state index contributed by atoms with van der Waals surface area (Å²) in [5.74, 6) is 0. The van der Waals surface area contributed by atoms with E-state index in [1.54, 1.807) is 6.07 Å². The summed E-state index contributed by atoms with van der Waals surface area (Å²) in [4.78, 5) is 14.3. The number of nitrogens with one attached hydrogen (secondary N) is 2. The Morgan fingerprint density at radius 3 is 2.64 bits per heavy atom. The number of amides is 2. The van der Waals surface area contributed by atoms with Crippen LogP contribution in [0.15, 0.2) is 18.2 Å². The zero-order valence-corrected chi connectivity index (χ0v) is 13.9. The highest BCUT2D eigenvalue weighted by Gasteiger charge is 2.20. The number of rotatable bonds is 5. The second-order valence-corrected chi connectivity index (χ2v) is 6.70. The molecule has 1 saturated heterocycles. The van der Waals surface area contributed by atoms with E-state index in [4.69, 9.17) is 16.7 Å². The maximum Gasteiger partial charge on any atom is 0.319 e. The maximum atomic E-state index is 12.0. The van der Waals surface area contributed by atoms with E-state index in [9.17, 15) is 4.79 Å². The van der Waals surface area contributed by atoms with Crippen LogP contribution in [-0.2, 0) is 0 Å². The minimum absolute atomic E-state index is 0.0314. The smallest absolute Gasteiger partial charge is 0.319 e. The maximum absolute atomic E-state index is 12.0. The fraction of sp³-hybridized carbons (Fsp3) is 0.562. The van der Waals surface area contributed by atoms with Gasteiger partial charge in [-0.1, -0.05) is 11.6 Å². The van der Waals surface area contributed by atoms with Crippen molar-refractivity contribution >= 4 is 29.0 Å². The zero-order chi connectivity index (χ0) is 16.2. The Labute approximate surface area is 136 Å². The van der Waals surface area contributed by atoms with Crippen LogP contribution in [0.4, 0.5) is 16.2 Å². The molecule has 2 amide bonds. The first-order valence-electron chi connectivity index (χ1n) is 7.66. The summed E-state index contributed by atoms with van der Waals surface area (Å²) in [7, 11) is 0. The normalized spacial score (nSPS) is 15.0. The predicted molar refractivity (Wildman–Crippen MR) is 90.8 cm³/mol. The third-order valence-electron chi connectivity index (χ3n) is 3.84. The van der Waals surface area contributed by atoms with Gasteiger partial charge in [0.15, 0.2) is 0 Å². The van der Waals surface area contributed by atoms with Crippen LogP contribution in [-0.4, -0.2) is 36.4 Å². The molecular weight excluding hydrogens is 302 g/mol. The molecule has 0 saturated carbocycles. The molecule has 3 N–H and O–H groups in total. The summed E-state index contributed by atoms with van der Waals surface area (Å²) in [6.45, 7) is 5.83. The molecular formula is C16H24ClN3O2. The molecule has 2 rings (SSSR count). The van der Waals surface area contributed by atoms with E-state index in [0.29, 0.717) is 17.1 Å². The fourth-order valence-electron chi connectivity index (χ4n) is 2.61. The predicted octanol–water partition coefficient (Wildman–Crippen LogP) is 3.22. The molecule has 1 heterocycles. The monoisotopic (exact) mass is 325 g/mol. The van der Waals surface area contributed by atoms with E-state index in [1.807, 2.05) is 26.0 Å². The SMILES string of the molecule is CC(C)(CCO)NC(=O)Nc1ccc(N2CCCC2)c(Cl)c1. The van der Waals surface area contributed by atoms with Crippen LogP contribution < -0.4 is 15.5 Å². The van der Waals surface area contributed by atoms with Gasteiger partial charge in [-0.15, -0.1) is 0 Å². The van der Waals surface area contributed by atoms with Gasteiger partial charge < -0.3 is 20.6 Å². The second-order valence-electron chi connectivity index (χ2n) is 6.30. The summed E-state index contributed by atoms with van der Waals surface area (Å²) < 4.78 is 0. The molecule has 0 radical (unpaired) electrons. The van der Waals surface area contributed by atoms with E-state index in [0.717, 1.165) is 18.8 Å². The minimum Gasteiger partial charge on any atom is -0.396 e. The number of aliphatic hydroxyl groups is 1. The number of nitrogens with zero attached hydrogens (tertiary/aromatic N) is 1. The van der Waals surface area contributed by atoms with E-state index in [-0.39, 0.29) is 12.6 Å². The lowest BCUT2D eigenvalue weighted by molar-refractivity contribution is 0.218. The third-order valence-corrected chi connectivity index (χ3v) is 4.14. The largest absolute Gasteiger partial charge is 0.396 e. The number of carbonyl (C=O) groups excluding carboxylic acids is 1. The van der Waals surface area contributed by atoms with Crippen LogP contribution in [0.2, 0.25) is 5.02 Å². The van der Waals surface area contributed by atoms with Crippen LogP contribution in [0.3, 0.4) is 0 Å². The zero-order valence-electron chi connectivity index (χ0n) is 13.2. The third kappa shape index (κ3) is 4.52. The molecule has 122 valence electrons. The van der Waals surface area contributed by atoms with Crippen molar-refractivity contribution in [2.24, 2.45) is 0 Å². The molecule has 0 aromatic heterocycles. The Kier molecular flexibility index (Phi) is 5.53. The lowest BCUT2D eigenvalue weighted by atomic mass is 10.0. The molecule has 1 aromatic carbocycles. The first kappa shape index (κ1) is 16.9. The molecule has 1 aliphatic heterocycles. The average Bonchev–Trinajstić information content (AvgIpc) is 2.91. The molecule has 6 heteroatoms. The quantitative estimate of drug-likeness (QED) is 0.778. The number of carbonyl (C=O) groups is 1. The number of aliphatic hydroxyl groups excluding tert-OH is 1. The Bertz CT molecular complexity index is 528. The summed E-state index contributed by atoms with van der Waals surface area (Å²) in [5, 5.41) is 15.2. The van der Waals surface area contributed by atoms with Crippen LogP contribution in [0.1, 0.15) is 33.1 Å². The molecule has 0 aliphatic carbocycles. The Balaban J connectivity index is 1.98. The summed E-state index contributed by atoms with van der Waals surface area (Å²) in [6, 6.07) is 5.28. The van der Waals surface area contributed by atoms with Crippen molar-refractivity contribution in [1.82, 2.24) is 5.32 Å². The van der Waals surface area contributed by atoms with Gasteiger partial charge in [0.1, 0.15) is 0 Å². The summed E-state index contributed by atoms with van der Waals surface area (Å²) in [5.41, 5.74) is 1.22. The fourth-order valence-corrected chi connectivity index (χ4v) is 2.91. The van der Waals surface area contributed by atoms with Crippen molar-refractivity contribution in [3.8, 4) is 0 Å². The molecule has 0 bridgehead atoms. The second kappa shape index (κ2) is 7.20. The Hall–Kier alpha value is -1.46. The number of anilines is 2. The summed E-state index contributed by atoms with van der Waals surface area (Å²) >= 11 is 6.33. The number of halogens is 1. The van der Waals surface area contributed by atoms with E-state index < -0.39 is 5.54 Å². The van der Waals surface area contributed by atoms with E-state index in [1.165, 1.54) is 12.8 Å². The highest BCUT2D eigenvalue weighted by atomic mass is 35.5. The highest BCUT2D eigenvalue weighted by Crippen LogP contribution is 2.31. The molecule has 0 spiro atoms. The van der Waals surface area contributed by atoms with Gasteiger partial charge in [-0.05, 0) is 51.3 Å². The average molecular weight is 326 g/mol. The number of hydrogen-bond acceptors (Lipinski definition) is 3. The molecule has 22 heavy (non-hydrogen) atoms. The van der Waals surface area contributed by atoms with Gasteiger partial charge in [0, 0.05) is 30.9 Å². The van der Waals surface area contributed by atoms with Gasteiger partial charge in [-0.2, -0.15) is 0 Å². The minimum atomic E-state index is -0.460. The van der Waals surface area contributed by atoms with Gasteiger partial charge >= 0.3 is 6.03 Å². The number of hydrogen-bond donors (Lipinski definition) is 3. The first-order chi connectivity index (χ1) is 10.4. The van der Waals surface area contributed by atoms with Crippen molar-refractivity contribution in [3.63, 3.8) is 0 Å². The Morgan fingerprint density at radius 1 is 1.36 bits per heavy atom. The first-order valence-corrected chi connectivity index (χ1v) is 8.03. The standard InChI is InChI=1S/C16H24ClN3O2/c1-16(2,7-10-21)19-15(22)18-12-5-6-14(13(17)11-12)20-8-3-4-9-20/h5-6,11,21H,3-4,7-10H2,1-2H3,(H2,18,19,22). The van der Waals surface area contributed by atoms with Crippen molar-refractivity contribution in [1.29, 1.82) is 0 Å². The van der Waals surface area contributed by atoms with Crippen molar-refractivity contribution in [2.75, 3.05) is 29.9 Å². The van der Waals surface area contributed by atoms with Gasteiger partial charge in [-0.25, -0.2) is 4.79 Å². The molecule has 5 nitrogen and oxygen atoms in total. The van der Waals surface area contributed by atoms with Gasteiger partial charge in [0.25, 0.3) is 0 Å². The summed E-state index contributed by atoms with van der Waals surface area (Å²) in [6.07, 6.45) is 2.88. The highest BCUT2D eigenvalue weighted by molar-refractivity contribution is 6.33. The van der Waals surface area contributed by atoms with E-state index >= 15 is 0 Å². The Morgan fingerprint density at radius 2 is 2.05 bits per heavy atom. The van der Waals surface area contributed by atoms with Crippen molar-refractivity contribution in [2.45, 2.75) is 38.6 Å². The van der Waals surface area contributed by atoms with Crippen LogP contribution in [0, 0.1) is 0 Å². The lowest BCUT2D eigenvalue weighted by Crippen LogP contribution is -2.46. The van der Waals surface area contributed by atoms with Crippen LogP contribution in [0.5, 0.6) is 0 Å². The number of urea groups is 1. The van der Waals surface area contributed by atoms with Gasteiger partial charge in [0.05, 0.1) is 10.7 Å². The van der Waals surface area contributed by atoms with Crippen molar-refractivity contribution < 1.29 is 9.90 Å². The molecule has 1 aliphatic rings. The molecule has 1 aromatic rings. The topological polar surface area (TPSA) is 64.6 Å². The van der Waals surface area contributed by atoms with Gasteiger partial charge in [0.2, 0.25) is 0 Å². The molecule has 0 atom stereocenters. The lowest BCUT2D eigenvalue weighted by Gasteiger charge is -2.25.